The normalized spacial score (nSPS) is 12.3. The lowest BCUT2D eigenvalue weighted by molar-refractivity contribution is 0.213. The Morgan fingerprint density at radius 3 is 2.60 bits per heavy atom. The predicted molar refractivity (Wildman–Crippen MR) is 83.9 cm³/mol. The van der Waals surface area contributed by atoms with Gasteiger partial charge in [0.15, 0.2) is 0 Å². The van der Waals surface area contributed by atoms with Crippen LogP contribution in [0.2, 0.25) is 5.02 Å². The van der Waals surface area contributed by atoms with Crippen molar-refractivity contribution in [3.8, 4) is 5.75 Å². The van der Waals surface area contributed by atoms with Gasteiger partial charge in [0.25, 0.3) is 0 Å². The van der Waals surface area contributed by atoms with Crippen LogP contribution in [0.4, 0.5) is 4.39 Å². The van der Waals surface area contributed by atoms with E-state index in [1.54, 1.807) is 18.2 Å². The fourth-order valence-electron chi connectivity index (χ4n) is 1.90. The van der Waals surface area contributed by atoms with E-state index < -0.39 is 11.9 Å². The summed E-state index contributed by atoms with van der Waals surface area (Å²) < 4.78 is 19.7. The molecule has 0 aliphatic carbocycles. The standard InChI is InChI=1S/C14H10Br2ClFO2/c1-20-14-9(5-7(17)6-10(14)15)13(19)8-3-2-4-11(18)12(8)16/h2-6,13,19H,1H3. The molecule has 0 aliphatic rings. The van der Waals surface area contributed by atoms with Crippen molar-refractivity contribution in [2.45, 2.75) is 6.10 Å². The Labute approximate surface area is 137 Å². The van der Waals surface area contributed by atoms with Crippen molar-refractivity contribution >= 4 is 43.5 Å². The lowest BCUT2D eigenvalue weighted by atomic mass is 10.0. The van der Waals surface area contributed by atoms with E-state index in [9.17, 15) is 9.50 Å². The maximum atomic E-state index is 13.6. The molecular weight excluding hydrogens is 414 g/mol. The maximum Gasteiger partial charge on any atom is 0.139 e. The molecule has 0 heterocycles. The third-order valence-corrected chi connectivity index (χ3v) is 4.46. The summed E-state index contributed by atoms with van der Waals surface area (Å²) in [5, 5.41) is 10.9. The highest BCUT2D eigenvalue weighted by Gasteiger charge is 2.21. The summed E-state index contributed by atoms with van der Waals surface area (Å²) >= 11 is 12.5. The van der Waals surface area contributed by atoms with E-state index in [1.807, 2.05) is 0 Å². The van der Waals surface area contributed by atoms with Crippen LogP contribution in [0, 0.1) is 5.82 Å². The molecule has 0 aromatic heterocycles. The van der Waals surface area contributed by atoms with E-state index >= 15 is 0 Å². The Kier molecular flexibility index (Phi) is 5.07. The zero-order valence-corrected chi connectivity index (χ0v) is 14.3. The van der Waals surface area contributed by atoms with Gasteiger partial charge < -0.3 is 9.84 Å². The van der Waals surface area contributed by atoms with Crippen LogP contribution in [0.15, 0.2) is 39.3 Å². The zero-order chi connectivity index (χ0) is 14.9. The summed E-state index contributed by atoms with van der Waals surface area (Å²) in [6.07, 6.45) is -1.06. The Hall–Kier alpha value is -0.620. The van der Waals surface area contributed by atoms with Gasteiger partial charge in [0.05, 0.1) is 16.1 Å². The van der Waals surface area contributed by atoms with Crippen LogP contribution in [-0.2, 0) is 0 Å². The fourth-order valence-corrected chi connectivity index (χ4v) is 3.37. The first-order valence-electron chi connectivity index (χ1n) is 5.60. The smallest absolute Gasteiger partial charge is 0.139 e. The number of benzene rings is 2. The second-order valence-electron chi connectivity index (χ2n) is 4.06. The van der Waals surface area contributed by atoms with Crippen LogP contribution in [0.1, 0.15) is 17.2 Å². The second-order valence-corrected chi connectivity index (χ2v) is 6.14. The highest BCUT2D eigenvalue weighted by atomic mass is 79.9. The van der Waals surface area contributed by atoms with E-state index in [0.717, 1.165) is 0 Å². The molecule has 1 unspecified atom stereocenters. The molecule has 20 heavy (non-hydrogen) atoms. The fraction of sp³-hybridized carbons (Fsp3) is 0.143. The zero-order valence-electron chi connectivity index (χ0n) is 10.3. The minimum absolute atomic E-state index is 0.214. The quantitative estimate of drug-likeness (QED) is 0.743. The molecule has 0 saturated heterocycles. The Morgan fingerprint density at radius 2 is 1.95 bits per heavy atom. The summed E-state index contributed by atoms with van der Waals surface area (Å²) in [7, 11) is 1.49. The first-order chi connectivity index (χ1) is 9.45. The molecule has 0 spiro atoms. The first kappa shape index (κ1) is 15.8. The van der Waals surface area contributed by atoms with Gasteiger partial charge in [-0.3, -0.25) is 0 Å². The molecule has 2 rings (SSSR count). The summed E-state index contributed by atoms with van der Waals surface area (Å²) in [5.74, 6) is 0.0136. The van der Waals surface area contributed by atoms with Crippen LogP contribution in [-0.4, -0.2) is 12.2 Å². The van der Waals surface area contributed by atoms with Gasteiger partial charge in [0, 0.05) is 16.1 Å². The van der Waals surface area contributed by atoms with Crippen molar-refractivity contribution in [2.75, 3.05) is 7.11 Å². The van der Waals surface area contributed by atoms with Crippen molar-refractivity contribution in [1.82, 2.24) is 0 Å². The Bertz CT molecular complexity index is 649. The number of aliphatic hydroxyl groups excluding tert-OH is 1. The number of hydrogen-bond acceptors (Lipinski definition) is 2. The van der Waals surface area contributed by atoms with Crippen molar-refractivity contribution in [2.24, 2.45) is 0 Å². The maximum absolute atomic E-state index is 13.6. The highest BCUT2D eigenvalue weighted by Crippen LogP contribution is 2.40. The van der Waals surface area contributed by atoms with Gasteiger partial charge in [-0.05, 0) is 50.1 Å². The topological polar surface area (TPSA) is 29.5 Å². The SMILES string of the molecule is COc1c(Br)cc(Cl)cc1C(O)c1cccc(F)c1Br. The molecule has 2 aromatic carbocycles. The molecule has 2 aromatic rings. The number of hydrogen-bond donors (Lipinski definition) is 1. The van der Waals surface area contributed by atoms with E-state index in [0.29, 0.717) is 26.4 Å². The molecule has 0 radical (unpaired) electrons. The molecule has 1 N–H and O–H groups in total. The third kappa shape index (κ3) is 3.01. The molecule has 0 fully saturated rings. The van der Waals surface area contributed by atoms with Gasteiger partial charge in [-0.2, -0.15) is 0 Å². The van der Waals surface area contributed by atoms with Gasteiger partial charge in [-0.15, -0.1) is 0 Å². The van der Waals surface area contributed by atoms with Gasteiger partial charge in [0.2, 0.25) is 0 Å². The van der Waals surface area contributed by atoms with Crippen LogP contribution in [0.5, 0.6) is 5.75 Å². The van der Waals surface area contributed by atoms with Crippen molar-refractivity contribution in [3.05, 3.63) is 61.2 Å². The van der Waals surface area contributed by atoms with E-state index in [-0.39, 0.29) is 4.47 Å². The summed E-state index contributed by atoms with van der Waals surface area (Å²) in [6, 6.07) is 7.73. The Morgan fingerprint density at radius 1 is 1.25 bits per heavy atom. The second kappa shape index (κ2) is 6.43. The molecule has 1 atom stereocenters. The van der Waals surface area contributed by atoms with Crippen LogP contribution < -0.4 is 4.74 Å². The number of ether oxygens (including phenoxy) is 1. The van der Waals surface area contributed by atoms with Crippen LogP contribution in [0.25, 0.3) is 0 Å². The van der Waals surface area contributed by atoms with E-state index in [2.05, 4.69) is 31.9 Å². The van der Waals surface area contributed by atoms with Gasteiger partial charge in [-0.25, -0.2) is 4.39 Å². The van der Waals surface area contributed by atoms with Gasteiger partial charge in [-0.1, -0.05) is 23.7 Å². The van der Waals surface area contributed by atoms with Crippen molar-refractivity contribution < 1.29 is 14.2 Å². The van der Waals surface area contributed by atoms with Crippen LogP contribution >= 0.6 is 43.5 Å². The van der Waals surface area contributed by atoms with E-state index in [1.165, 1.54) is 19.2 Å². The first-order valence-corrected chi connectivity index (χ1v) is 7.57. The number of halogens is 4. The lowest BCUT2D eigenvalue weighted by Gasteiger charge is -2.18. The average Bonchev–Trinajstić information content (AvgIpc) is 2.40. The largest absolute Gasteiger partial charge is 0.495 e. The lowest BCUT2D eigenvalue weighted by Crippen LogP contribution is -2.04. The summed E-state index contributed by atoms with van der Waals surface area (Å²) in [4.78, 5) is 0. The molecule has 6 heteroatoms. The molecule has 2 nitrogen and oxygen atoms in total. The summed E-state index contributed by atoms with van der Waals surface area (Å²) in [6.45, 7) is 0. The van der Waals surface area contributed by atoms with E-state index in [4.69, 9.17) is 16.3 Å². The monoisotopic (exact) mass is 422 g/mol. The Balaban J connectivity index is 2.58. The van der Waals surface area contributed by atoms with Crippen molar-refractivity contribution in [1.29, 1.82) is 0 Å². The third-order valence-electron chi connectivity index (χ3n) is 2.81. The van der Waals surface area contributed by atoms with Gasteiger partial charge >= 0.3 is 0 Å². The highest BCUT2D eigenvalue weighted by molar-refractivity contribution is 9.10. The van der Waals surface area contributed by atoms with Crippen LogP contribution in [0.3, 0.4) is 0 Å². The molecule has 0 saturated carbocycles. The minimum atomic E-state index is -1.06. The molecule has 106 valence electrons. The molecule has 0 aliphatic heterocycles. The molecular formula is C14H10Br2ClFO2. The molecule has 0 bridgehead atoms. The predicted octanol–water partition coefficient (Wildman–Crippen LogP) is 5.09. The number of rotatable bonds is 3. The molecule has 0 amide bonds. The minimum Gasteiger partial charge on any atom is -0.495 e. The number of aliphatic hydroxyl groups is 1. The van der Waals surface area contributed by atoms with Crippen molar-refractivity contribution in [3.63, 3.8) is 0 Å². The summed E-state index contributed by atoms with van der Waals surface area (Å²) in [5.41, 5.74) is 0.857. The number of methoxy groups -OCH3 is 1. The average molecular weight is 424 g/mol. The van der Waals surface area contributed by atoms with Gasteiger partial charge in [0.1, 0.15) is 17.7 Å².